The zero-order valence-corrected chi connectivity index (χ0v) is 12.2. The van der Waals surface area contributed by atoms with Gasteiger partial charge in [-0.05, 0) is 47.0 Å². The van der Waals surface area contributed by atoms with Crippen molar-refractivity contribution < 1.29 is 8.42 Å². The maximum absolute atomic E-state index is 11.8. The highest BCUT2D eigenvalue weighted by Gasteiger charge is 2.18. The molecule has 94 valence electrons. The van der Waals surface area contributed by atoms with Crippen molar-refractivity contribution in [3.8, 4) is 0 Å². The molecule has 0 atom stereocenters. The van der Waals surface area contributed by atoms with Crippen molar-refractivity contribution in [2.75, 3.05) is 23.7 Å². The van der Waals surface area contributed by atoms with Gasteiger partial charge in [0.1, 0.15) is 0 Å². The first kappa shape index (κ1) is 12.9. The van der Waals surface area contributed by atoms with Crippen LogP contribution in [0.15, 0.2) is 27.6 Å². The van der Waals surface area contributed by atoms with Crippen molar-refractivity contribution in [3.63, 3.8) is 0 Å². The molecular weight excluding hydrogens is 302 g/mol. The minimum Gasteiger partial charge on any atom is -0.371 e. The van der Waals surface area contributed by atoms with Crippen LogP contribution in [0, 0.1) is 0 Å². The maximum Gasteiger partial charge on any atom is 0.178 e. The number of hydrogen-bond acceptors (Lipinski definition) is 3. The number of halogens is 1. The van der Waals surface area contributed by atoms with Gasteiger partial charge in [0, 0.05) is 17.6 Å². The average molecular weight is 318 g/mol. The van der Waals surface area contributed by atoms with E-state index in [9.17, 15) is 8.42 Å². The summed E-state index contributed by atoms with van der Waals surface area (Å²) in [5.41, 5.74) is 0.997. The Kier molecular flexibility index (Phi) is 3.78. The number of rotatable bonds is 3. The maximum atomic E-state index is 11.8. The molecule has 17 heavy (non-hydrogen) atoms. The summed E-state index contributed by atoms with van der Waals surface area (Å²) in [5, 5.41) is 0. The molecule has 1 aromatic rings. The molecule has 1 heterocycles. The number of nitrogens with zero attached hydrogens (tertiary/aromatic N) is 1. The average Bonchev–Trinajstić information content (AvgIpc) is 2.83. The summed E-state index contributed by atoms with van der Waals surface area (Å²) < 4.78 is 24.7. The highest BCUT2D eigenvalue weighted by molar-refractivity contribution is 9.10. The third-order valence-corrected chi connectivity index (χ3v) is 5.51. The number of sulfone groups is 1. The third kappa shape index (κ3) is 2.65. The molecular formula is C12H16BrNO2S. The van der Waals surface area contributed by atoms with E-state index < -0.39 is 9.84 Å². The summed E-state index contributed by atoms with van der Waals surface area (Å²) in [7, 11) is -3.11. The molecule has 0 N–H and O–H groups in total. The van der Waals surface area contributed by atoms with Crippen molar-refractivity contribution in [2.45, 2.75) is 24.7 Å². The lowest BCUT2D eigenvalue weighted by molar-refractivity contribution is 0.597. The zero-order valence-electron chi connectivity index (χ0n) is 9.82. The van der Waals surface area contributed by atoms with Gasteiger partial charge in [-0.15, -0.1) is 0 Å². The molecule has 1 saturated heterocycles. The van der Waals surface area contributed by atoms with Crippen LogP contribution in [-0.2, 0) is 9.84 Å². The van der Waals surface area contributed by atoms with Crippen molar-refractivity contribution in [3.05, 3.63) is 22.7 Å². The first-order chi connectivity index (χ1) is 8.04. The Morgan fingerprint density at radius 2 is 1.94 bits per heavy atom. The summed E-state index contributed by atoms with van der Waals surface area (Å²) in [5.74, 6) is 0.147. The Morgan fingerprint density at radius 1 is 1.29 bits per heavy atom. The molecule has 0 amide bonds. The molecule has 0 aromatic heterocycles. The van der Waals surface area contributed by atoms with Crippen LogP contribution in [0.3, 0.4) is 0 Å². The van der Waals surface area contributed by atoms with Crippen molar-refractivity contribution in [1.29, 1.82) is 0 Å². The SMILES string of the molecule is CCS(=O)(=O)c1ccc(Br)c(N2CCCC2)c1. The number of anilines is 1. The van der Waals surface area contributed by atoms with Crippen molar-refractivity contribution >= 4 is 31.5 Å². The van der Waals surface area contributed by atoms with E-state index >= 15 is 0 Å². The molecule has 0 saturated carbocycles. The number of hydrogen-bond donors (Lipinski definition) is 0. The monoisotopic (exact) mass is 317 g/mol. The number of benzene rings is 1. The van der Waals surface area contributed by atoms with Gasteiger partial charge >= 0.3 is 0 Å². The third-order valence-electron chi connectivity index (χ3n) is 3.10. The van der Waals surface area contributed by atoms with Gasteiger partial charge in [0.05, 0.1) is 16.3 Å². The van der Waals surface area contributed by atoms with E-state index in [1.54, 1.807) is 19.1 Å². The fraction of sp³-hybridized carbons (Fsp3) is 0.500. The van der Waals surface area contributed by atoms with Gasteiger partial charge in [-0.3, -0.25) is 0 Å². The first-order valence-corrected chi connectivity index (χ1v) is 8.26. The molecule has 1 aromatic carbocycles. The van der Waals surface area contributed by atoms with E-state index in [0.29, 0.717) is 4.90 Å². The van der Waals surface area contributed by atoms with Gasteiger partial charge in [-0.25, -0.2) is 8.42 Å². The van der Waals surface area contributed by atoms with Crippen LogP contribution < -0.4 is 4.90 Å². The van der Waals surface area contributed by atoms with Crippen LogP contribution >= 0.6 is 15.9 Å². The first-order valence-electron chi connectivity index (χ1n) is 5.82. The Balaban J connectivity index is 2.42. The second kappa shape index (κ2) is 4.98. The molecule has 1 aliphatic rings. The second-order valence-corrected chi connectivity index (χ2v) is 7.34. The molecule has 0 bridgehead atoms. The van der Waals surface area contributed by atoms with Crippen LogP contribution in [0.2, 0.25) is 0 Å². The predicted octanol–water partition coefficient (Wildman–Crippen LogP) is 2.84. The molecule has 0 aliphatic carbocycles. The van der Waals surface area contributed by atoms with Gasteiger partial charge in [0.2, 0.25) is 0 Å². The van der Waals surface area contributed by atoms with Gasteiger partial charge in [0.15, 0.2) is 9.84 Å². The van der Waals surface area contributed by atoms with Crippen LogP contribution in [0.4, 0.5) is 5.69 Å². The lowest BCUT2D eigenvalue weighted by atomic mass is 10.3. The minimum absolute atomic E-state index is 0.147. The van der Waals surface area contributed by atoms with E-state index in [2.05, 4.69) is 20.8 Å². The summed E-state index contributed by atoms with van der Waals surface area (Å²) in [4.78, 5) is 2.66. The molecule has 0 unspecified atom stereocenters. The predicted molar refractivity (Wildman–Crippen MR) is 73.3 cm³/mol. The van der Waals surface area contributed by atoms with Gasteiger partial charge in [0.25, 0.3) is 0 Å². The van der Waals surface area contributed by atoms with Crippen molar-refractivity contribution in [2.24, 2.45) is 0 Å². The quantitative estimate of drug-likeness (QED) is 0.860. The summed E-state index contributed by atoms with van der Waals surface area (Å²) >= 11 is 3.49. The topological polar surface area (TPSA) is 37.4 Å². The van der Waals surface area contributed by atoms with E-state index in [-0.39, 0.29) is 5.75 Å². The van der Waals surface area contributed by atoms with Gasteiger partial charge in [-0.2, -0.15) is 0 Å². The summed E-state index contributed by atoms with van der Waals surface area (Å²) in [6, 6.07) is 5.28. The fourth-order valence-electron chi connectivity index (χ4n) is 2.05. The van der Waals surface area contributed by atoms with Crippen molar-refractivity contribution in [1.82, 2.24) is 0 Å². The highest BCUT2D eigenvalue weighted by atomic mass is 79.9. The van der Waals surface area contributed by atoms with E-state index in [1.807, 2.05) is 6.07 Å². The molecule has 1 aliphatic heterocycles. The van der Waals surface area contributed by atoms with Crippen LogP contribution in [0.1, 0.15) is 19.8 Å². The Hall–Kier alpha value is -0.550. The molecule has 2 rings (SSSR count). The van der Waals surface area contributed by atoms with Crippen LogP contribution in [0.5, 0.6) is 0 Å². The molecule has 3 nitrogen and oxygen atoms in total. The lowest BCUT2D eigenvalue weighted by Gasteiger charge is -2.20. The Bertz CT molecular complexity index is 507. The molecule has 1 fully saturated rings. The van der Waals surface area contributed by atoms with E-state index in [4.69, 9.17) is 0 Å². The highest BCUT2D eigenvalue weighted by Crippen LogP contribution is 2.31. The van der Waals surface area contributed by atoms with E-state index in [1.165, 1.54) is 12.8 Å². The second-order valence-electron chi connectivity index (χ2n) is 4.21. The van der Waals surface area contributed by atoms with Gasteiger partial charge < -0.3 is 4.90 Å². The molecule has 0 radical (unpaired) electrons. The normalized spacial score (nSPS) is 16.5. The molecule has 5 heteroatoms. The standard InChI is InChI=1S/C12H16BrNO2S/c1-2-17(15,16)10-5-6-11(13)12(9-10)14-7-3-4-8-14/h5-6,9H,2-4,7-8H2,1H3. The summed E-state index contributed by atoms with van der Waals surface area (Å²) in [6.45, 7) is 3.69. The van der Waals surface area contributed by atoms with Gasteiger partial charge in [-0.1, -0.05) is 6.92 Å². The lowest BCUT2D eigenvalue weighted by Crippen LogP contribution is -2.18. The Labute approximate surface area is 111 Å². The zero-order chi connectivity index (χ0) is 12.5. The van der Waals surface area contributed by atoms with Crippen LogP contribution in [0.25, 0.3) is 0 Å². The van der Waals surface area contributed by atoms with Crippen LogP contribution in [-0.4, -0.2) is 27.3 Å². The summed E-state index contributed by atoms with van der Waals surface area (Å²) in [6.07, 6.45) is 2.36. The molecule has 0 spiro atoms. The van der Waals surface area contributed by atoms with E-state index in [0.717, 1.165) is 23.2 Å². The smallest absolute Gasteiger partial charge is 0.178 e. The fourth-order valence-corrected chi connectivity index (χ4v) is 3.45. The minimum atomic E-state index is -3.11. The Morgan fingerprint density at radius 3 is 2.53 bits per heavy atom. The largest absolute Gasteiger partial charge is 0.371 e.